The Morgan fingerprint density at radius 3 is 2.95 bits per heavy atom. The van der Waals surface area contributed by atoms with Gasteiger partial charge in [-0.05, 0) is 55.2 Å². The van der Waals surface area contributed by atoms with Gasteiger partial charge in [0, 0.05) is 15.9 Å². The summed E-state index contributed by atoms with van der Waals surface area (Å²) in [7, 11) is 0. The van der Waals surface area contributed by atoms with Crippen LogP contribution in [0.15, 0.2) is 31.9 Å². The van der Waals surface area contributed by atoms with Crippen molar-refractivity contribution in [3.8, 4) is 0 Å². The van der Waals surface area contributed by atoms with Gasteiger partial charge in [0.1, 0.15) is 5.82 Å². The SMILES string of the molecule is CCCNCc1cc(Br)ccc1Sc1nc(C)ns1. The maximum Gasteiger partial charge on any atom is 0.174 e. The minimum atomic E-state index is 0.843. The number of halogens is 1. The third-order valence-electron chi connectivity index (χ3n) is 2.47. The number of aromatic nitrogens is 2. The third-order valence-corrected chi connectivity index (χ3v) is 4.92. The Hall–Kier alpha value is -0.430. The van der Waals surface area contributed by atoms with E-state index in [2.05, 4.69) is 55.7 Å². The van der Waals surface area contributed by atoms with E-state index in [0.717, 1.165) is 34.1 Å². The number of benzene rings is 1. The van der Waals surface area contributed by atoms with E-state index in [1.807, 2.05) is 6.92 Å². The van der Waals surface area contributed by atoms with E-state index in [1.165, 1.54) is 22.0 Å². The molecule has 0 fully saturated rings. The summed E-state index contributed by atoms with van der Waals surface area (Å²) >= 11 is 6.67. The minimum absolute atomic E-state index is 0.843. The molecule has 0 saturated heterocycles. The van der Waals surface area contributed by atoms with Crippen molar-refractivity contribution in [1.29, 1.82) is 0 Å². The molecule has 1 aromatic heterocycles. The van der Waals surface area contributed by atoms with E-state index in [4.69, 9.17) is 0 Å². The van der Waals surface area contributed by atoms with Crippen LogP contribution in [0.4, 0.5) is 0 Å². The van der Waals surface area contributed by atoms with E-state index in [0.29, 0.717) is 0 Å². The Morgan fingerprint density at radius 2 is 2.26 bits per heavy atom. The highest BCUT2D eigenvalue weighted by molar-refractivity contribution is 9.10. The fourth-order valence-corrected chi connectivity index (χ4v) is 3.73. The molecule has 0 aliphatic carbocycles. The van der Waals surface area contributed by atoms with Gasteiger partial charge in [0.25, 0.3) is 0 Å². The molecule has 0 aliphatic rings. The van der Waals surface area contributed by atoms with Gasteiger partial charge >= 0.3 is 0 Å². The lowest BCUT2D eigenvalue weighted by Crippen LogP contribution is -2.14. The Bertz CT molecular complexity index is 542. The fraction of sp³-hybridized carbons (Fsp3) is 0.385. The van der Waals surface area contributed by atoms with Crippen LogP contribution < -0.4 is 5.32 Å². The predicted octanol–water partition coefficient (Wildman–Crippen LogP) is 4.26. The highest BCUT2D eigenvalue weighted by Crippen LogP contribution is 2.33. The van der Waals surface area contributed by atoms with Crippen LogP contribution in [0.3, 0.4) is 0 Å². The first-order valence-corrected chi connectivity index (χ1v) is 8.54. The normalized spacial score (nSPS) is 10.9. The van der Waals surface area contributed by atoms with E-state index >= 15 is 0 Å². The summed E-state index contributed by atoms with van der Waals surface area (Å²) in [5, 5.41) is 3.44. The zero-order chi connectivity index (χ0) is 13.7. The molecule has 19 heavy (non-hydrogen) atoms. The van der Waals surface area contributed by atoms with Gasteiger partial charge in [-0.1, -0.05) is 34.6 Å². The zero-order valence-corrected chi connectivity index (χ0v) is 14.2. The molecule has 0 atom stereocenters. The number of aryl methyl sites for hydroxylation is 1. The summed E-state index contributed by atoms with van der Waals surface area (Å²) in [6.07, 6.45) is 1.14. The van der Waals surface area contributed by atoms with Gasteiger partial charge in [-0.2, -0.15) is 4.37 Å². The first-order valence-electron chi connectivity index (χ1n) is 6.16. The van der Waals surface area contributed by atoms with Crippen LogP contribution in [0.1, 0.15) is 24.7 Å². The maximum atomic E-state index is 4.40. The van der Waals surface area contributed by atoms with Gasteiger partial charge in [0.2, 0.25) is 0 Å². The van der Waals surface area contributed by atoms with Crippen LogP contribution in [-0.2, 0) is 6.54 Å². The summed E-state index contributed by atoms with van der Waals surface area (Å²) < 4.78 is 6.33. The summed E-state index contributed by atoms with van der Waals surface area (Å²) in [5.74, 6) is 0.843. The summed E-state index contributed by atoms with van der Waals surface area (Å²) in [6.45, 7) is 6.02. The molecule has 0 bridgehead atoms. The van der Waals surface area contributed by atoms with Crippen LogP contribution in [0.2, 0.25) is 0 Å². The molecular weight excluding hydrogens is 342 g/mol. The second-order valence-electron chi connectivity index (χ2n) is 4.14. The van der Waals surface area contributed by atoms with Crippen LogP contribution in [0.25, 0.3) is 0 Å². The molecule has 0 unspecified atom stereocenters. The molecule has 1 N–H and O–H groups in total. The van der Waals surface area contributed by atoms with Crippen molar-refractivity contribution in [2.24, 2.45) is 0 Å². The number of hydrogen-bond acceptors (Lipinski definition) is 5. The first-order chi connectivity index (χ1) is 9.19. The molecule has 0 saturated carbocycles. The largest absolute Gasteiger partial charge is 0.313 e. The monoisotopic (exact) mass is 357 g/mol. The molecule has 102 valence electrons. The Morgan fingerprint density at radius 1 is 1.42 bits per heavy atom. The van der Waals surface area contributed by atoms with Gasteiger partial charge in [-0.25, -0.2) is 4.98 Å². The molecule has 3 nitrogen and oxygen atoms in total. The summed E-state index contributed by atoms with van der Waals surface area (Å²) in [6, 6.07) is 6.37. The molecular formula is C13H16BrN3S2. The Labute approximate surface area is 130 Å². The summed E-state index contributed by atoms with van der Waals surface area (Å²) in [4.78, 5) is 5.64. The van der Waals surface area contributed by atoms with Gasteiger partial charge in [-0.15, -0.1) is 0 Å². The molecule has 1 heterocycles. The van der Waals surface area contributed by atoms with E-state index in [-0.39, 0.29) is 0 Å². The topological polar surface area (TPSA) is 37.8 Å². The fourth-order valence-electron chi connectivity index (χ4n) is 1.60. The van der Waals surface area contributed by atoms with Crippen molar-refractivity contribution in [3.05, 3.63) is 34.1 Å². The number of rotatable bonds is 6. The van der Waals surface area contributed by atoms with E-state index in [9.17, 15) is 0 Å². The maximum absolute atomic E-state index is 4.40. The number of nitrogens with zero attached hydrogens (tertiary/aromatic N) is 2. The molecule has 0 radical (unpaired) electrons. The van der Waals surface area contributed by atoms with Crippen molar-refractivity contribution < 1.29 is 0 Å². The second-order valence-corrected chi connectivity index (χ2v) is 7.09. The van der Waals surface area contributed by atoms with Gasteiger partial charge in [-0.3, -0.25) is 0 Å². The van der Waals surface area contributed by atoms with Gasteiger partial charge < -0.3 is 5.32 Å². The van der Waals surface area contributed by atoms with Crippen molar-refractivity contribution >= 4 is 39.2 Å². The van der Waals surface area contributed by atoms with Crippen molar-refractivity contribution in [2.45, 2.75) is 36.0 Å². The molecule has 6 heteroatoms. The van der Waals surface area contributed by atoms with Crippen LogP contribution in [0, 0.1) is 6.92 Å². The predicted molar refractivity (Wildman–Crippen MR) is 84.9 cm³/mol. The lowest BCUT2D eigenvalue weighted by molar-refractivity contribution is 0.669. The number of hydrogen-bond donors (Lipinski definition) is 1. The van der Waals surface area contributed by atoms with Crippen molar-refractivity contribution in [3.63, 3.8) is 0 Å². The lowest BCUT2D eigenvalue weighted by Gasteiger charge is -2.09. The average Bonchev–Trinajstić information content (AvgIpc) is 2.78. The smallest absolute Gasteiger partial charge is 0.174 e. The van der Waals surface area contributed by atoms with E-state index < -0.39 is 0 Å². The Balaban J connectivity index is 2.14. The number of nitrogens with one attached hydrogen (secondary N) is 1. The molecule has 2 aromatic rings. The average molecular weight is 358 g/mol. The first kappa shape index (κ1) is 15.0. The van der Waals surface area contributed by atoms with Gasteiger partial charge in [0.05, 0.1) is 0 Å². The second kappa shape index (κ2) is 7.38. The summed E-state index contributed by atoms with van der Waals surface area (Å²) in [5.41, 5.74) is 1.29. The highest BCUT2D eigenvalue weighted by atomic mass is 79.9. The lowest BCUT2D eigenvalue weighted by atomic mass is 10.2. The molecule has 0 aliphatic heterocycles. The zero-order valence-electron chi connectivity index (χ0n) is 10.9. The quantitative estimate of drug-likeness (QED) is 0.783. The van der Waals surface area contributed by atoms with Crippen LogP contribution in [0.5, 0.6) is 0 Å². The van der Waals surface area contributed by atoms with Crippen molar-refractivity contribution in [1.82, 2.24) is 14.7 Å². The van der Waals surface area contributed by atoms with Gasteiger partial charge in [0.15, 0.2) is 4.34 Å². The standard InChI is InChI=1S/C13H16BrN3S2/c1-3-6-15-8-10-7-11(14)4-5-12(10)18-13-16-9(2)17-19-13/h4-5,7,15H,3,6,8H2,1-2H3. The van der Waals surface area contributed by atoms with E-state index in [1.54, 1.807) is 11.8 Å². The Kier molecular flexibility index (Phi) is 5.81. The van der Waals surface area contributed by atoms with Crippen LogP contribution >= 0.6 is 39.2 Å². The third kappa shape index (κ3) is 4.56. The molecule has 0 spiro atoms. The molecule has 1 aromatic carbocycles. The van der Waals surface area contributed by atoms with Crippen LogP contribution in [-0.4, -0.2) is 15.9 Å². The minimum Gasteiger partial charge on any atom is -0.313 e. The highest BCUT2D eigenvalue weighted by Gasteiger charge is 2.08. The van der Waals surface area contributed by atoms with Crippen molar-refractivity contribution in [2.75, 3.05) is 6.54 Å². The molecule has 2 rings (SSSR count). The molecule has 0 amide bonds.